The zero-order valence-corrected chi connectivity index (χ0v) is 41.2. The van der Waals surface area contributed by atoms with Gasteiger partial charge in [0.1, 0.15) is 36.8 Å². The van der Waals surface area contributed by atoms with E-state index in [0.29, 0.717) is 6.42 Å². The van der Waals surface area contributed by atoms with Gasteiger partial charge in [0.05, 0.1) is 6.61 Å². The van der Waals surface area contributed by atoms with Gasteiger partial charge in [0, 0.05) is 12.5 Å². The van der Waals surface area contributed by atoms with Crippen molar-refractivity contribution in [3.05, 3.63) is 24.3 Å². The van der Waals surface area contributed by atoms with Gasteiger partial charge in [0.2, 0.25) is 0 Å². The van der Waals surface area contributed by atoms with E-state index in [1.807, 2.05) is 6.08 Å². The summed E-state index contributed by atoms with van der Waals surface area (Å²) in [5.74, 6) is -2.23. The SMILES string of the molecule is CCCCCCCCCCCCC/C=C/C=C/C(=O)OC[C@H](CO[C@H]1O[C@H](CS(=O)(=O)O)[C@@H](O)C(O)C1O)OC(=O)CCCCCCCCCCCCCCCCCCCCCCC. The van der Waals surface area contributed by atoms with Crippen molar-refractivity contribution in [2.24, 2.45) is 0 Å². The molecule has 0 bridgehead atoms. The van der Waals surface area contributed by atoms with E-state index >= 15 is 0 Å². The van der Waals surface area contributed by atoms with Gasteiger partial charge in [-0.05, 0) is 19.3 Å². The highest BCUT2D eigenvalue weighted by Gasteiger charge is 2.46. The van der Waals surface area contributed by atoms with Gasteiger partial charge in [-0.2, -0.15) is 8.42 Å². The lowest BCUT2D eigenvalue weighted by Gasteiger charge is -2.40. The van der Waals surface area contributed by atoms with Gasteiger partial charge in [-0.25, -0.2) is 4.79 Å². The van der Waals surface area contributed by atoms with E-state index in [2.05, 4.69) is 13.8 Å². The molecule has 1 heterocycles. The Morgan fingerprint density at radius 1 is 0.562 bits per heavy atom. The lowest BCUT2D eigenvalue weighted by Crippen LogP contribution is -2.60. The van der Waals surface area contributed by atoms with E-state index in [4.69, 9.17) is 18.9 Å². The summed E-state index contributed by atoms with van der Waals surface area (Å²) in [5, 5.41) is 30.9. The molecule has 1 aliphatic heterocycles. The molecule has 1 fully saturated rings. The topological polar surface area (TPSA) is 186 Å². The van der Waals surface area contributed by atoms with E-state index in [1.165, 1.54) is 179 Å². The number of unbranched alkanes of at least 4 members (excludes halogenated alkanes) is 31. The molecule has 0 amide bonds. The molecule has 376 valence electrons. The molecule has 1 saturated heterocycles. The Bertz CT molecular complexity index is 1270. The second kappa shape index (κ2) is 41.3. The average molecular weight is 931 g/mol. The maximum atomic E-state index is 12.9. The molecule has 64 heavy (non-hydrogen) atoms. The van der Waals surface area contributed by atoms with Crippen LogP contribution in [-0.4, -0.2) is 96.0 Å². The monoisotopic (exact) mass is 931 g/mol. The van der Waals surface area contributed by atoms with E-state index in [9.17, 15) is 37.9 Å². The third kappa shape index (κ3) is 35.3. The number of aliphatic hydroxyl groups is 3. The largest absolute Gasteiger partial charge is 0.458 e. The van der Waals surface area contributed by atoms with Crippen LogP contribution in [-0.2, 0) is 38.7 Å². The predicted molar refractivity (Wildman–Crippen MR) is 256 cm³/mol. The van der Waals surface area contributed by atoms with Crippen LogP contribution in [0.5, 0.6) is 0 Å². The maximum absolute atomic E-state index is 12.9. The molecule has 4 N–H and O–H groups in total. The molecular weight excluding hydrogens is 837 g/mol. The van der Waals surface area contributed by atoms with Crippen molar-refractivity contribution in [3.63, 3.8) is 0 Å². The molecule has 0 aromatic heterocycles. The number of esters is 2. The Hall–Kier alpha value is -1.87. The second-order valence-corrected chi connectivity index (χ2v) is 19.8. The van der Waals surface area contributed by atoms with Gasteiger partial charge in [-0.1, -0.05) is 225 Å². The van der Waals surface area contributed by atoms with Crippen LogP contribution in [0.4, 0.5) is 0 Å². The summed E-state index contributed by atoms with van der Waals surface area (Å²) in [6.07, 6.45) is 38.5. The van der Waals surface area contributed by atoms with Gasteiger partial charge in [0.15, 0.2) is 12.4 Å². The lowest BCUT2D eigenvalue weighted by molar-refractivity contribution is -0.297. The van der Waals surface area contributed by atoms with Crippen LogP contribution < -0.4 is 0 Å². The zero-order chi connectivity index (χ0) is 46.9. The summed E-state index contributed by atoms with van der Waals surface area (Å²) in [5.41, 5.74) is 0. The van der Waals surface area contributed by atoms with Crippen LogP contribution in [0.3, 0.4) is 0 Å². The van der Waals surface area contributed by atoms with Crippen LogP contribution in [0, 0.1) is 0 Å². The van der Waals surface area contributed by atoms with Crippen LogP contribution in [0.1, 0.15) is 232 Å². The van der Waals surface area contributed by atoms with Crippen molar-refractivity contribution in [1.29, 1.82) is 0 Å². The molecule has 2 unspecified atom stereocenters. The van der Waals surface area contributed by atoms with Crippen molar-refractivity contribution in [2.45, 2.75) is 269 Å². The number of ether oxygens (including phenoxy) is 4. The highest BCUT2D eigenvalue weighted by atomic mass is 32.2. The first-order chi connectivity index (χ1) is 31.0. The first-order valence-corrected chi connectivity index (χ1v) is 27.5. The van der Waals surface area contributed by atoms with Crippen molar-refractivity contribution in [2.75, 3.05) is 19.0 Å². The summed E-state index contributed by atoms with van der Waals surface area (Å²) in [7, 11) is -4.61. The van der Waals surface area contributed by atoms with Crippen LogP contribution in [0.2, 0.25) is 0 Å². The minimum Gasteiger partial charge on any atom is -0.458 e. The van der Waals surface area contributed by atoms with Crippen molar-refractivity contribution < 1.29 is 56.8 Å². The first kappa shape index (κ1) is 60.1. The number of allylic oxidation sites excluding steroid dienone is 3. The first-order valence-electron chi connectivity index (χ1n) is 25.9. The van der Waals surface area contributed by atoms with E-state index in [0.717, 1.165) is 32.1 Å². The number of aliphatic hydroxyl groups excluding tert-OH is 3. The van der Waals surface area contributed by atoms with Crippen molar-refractivity contribution in [3.8, 4) is 0 Å². The molecule has 1 aliphatic rings. The molecular formula is C51H94O12S. The number of hydrogen-bond acceptors (Lipinski definition) is 11. The molecule has 0 saturated carbocycles. The van der Waals surface area contributed by atoms with E-state index in [-0.39, 0.29) is 13.0 Å². The van der Waals surface area contributed by atoms with Crippen molar-refractivity contribution >= 4 is 22.1 Å². The Balaban J connectivity index is 2.39. The Labute approximate surface area is 389 Å². The van der Waals surface area contributed by atoms with E-state index in [1.54, 1.807) is 12.2 Å². The highest BCUT2D eigenvalue weighted by Crippen LogP contribution is 2.24. The third-order valence-electron chi connectivity index (χ3n) is 12.1. The molecule has 0 spiro atoms. The molecule has 1 rings (SSSR count). The maximum Gasteiger partial charge on any atom is 0.330 e. The Kier molecular flexibility index (Phi) is 38.8. The highest BCUT2D eigenvalue weighted by molar-refractivity contribution is 7.85. The predicted octanol–water partition coefficient (Wildman–Crippen LogP) is 11.6. The summed E-state index contributed by atoms with van der Waals surface area (Å²) in [6.45, 7) is 3.69. The minimum absolute atomic E-state index is 0.150. The fraction of sp³-hybridized carbons (Fsp3) is 0.882. The number of hydrogen-bond donors (Lipinski definition) is 4. The number of carbonyl (C=O) groups is 2. The molecule has 0 radical (unpaired) electrons. The zero-order valence-electron chi connectivity index (χ0n) is 40.4. The van der Waals surface area contributed by atoms with Crippen LogP contribution >= 0.6 is 0 Å². The van der Waals surface area contributed by atoms with Crippen molar-refractivity contribution in [1.82, 2.24) is 0 Å². The normalized spacial score (nSPS) is 19.8. The second-order valence-electron chi connectivity index (χ2n) is 18.3. The summed E-state index contributed by atoms with van der Waals surface area (Å²) in [4.78, 5) is 25.4. The number of carbonyl (C=O) groups excluding carboxylic acids is 2. The standard InChI is InChI=1S/C51H94O12S/c1-3-5-7-9-11-13-15-17-19-20-21-22-23-24-26-28-30-32-34-36-38-40-47(53)62-44(42-61-51-50(56)49(55)48(54)45(63-51)43-64(57,58)59)41-60-46(52)39-37-35-33-31-29-27-25-18-16-14-12-10-8-6-4-2/h33,35,37,39,44-45,48-51,54-56H,3-32,34,36,38,40-43H2,1-2H3,(H,57,58,59)/b35-33+,39-37+/t44-,45-,48-,49?,50?,51+/m1/s1. The van der Waals surface area contributed by atoms with Gasteiger partial charge in [-0.3, -0.25) is 9.35 Å². The third-order valence-corrected chi connectivity index (χ3v) is 12.9. The molecule has 13 heteroatoms. The van der Waals surface area contributed by atoms with Gasteiger partial charge in [-0.15, -0.1) is 0 Å². The Morgan fingerprint density at radius 2 is 0.984 bits per heavy atom. The number of rotatable bonds is 44. The van der Waals surface area contributed by atoms with Gasteiger partial charge >= 0.3 is 11.9 Å². The lowest BCUT2D eigenvalue weighted by atomic mass is 10.00. The smallest absolute Gasteiger partial charge is 0.330 e. The fourth-order valence-electron chi connectivity index (χ4n) is 8.12. The minimum atomic E-state index is -4.61. The molecule has 12 nitrogen and oxygen atoms in total. The fourth-order valence-corrected chi connectivity index (χ4v) is 8.81. The quantitative estimate of drug-likeness (QED) is 0.0149. The molecule has 0 aromatic carbocycles. The van der Waals surface area contributed by atoms with Crippen LogP contribution in [0.25, 0.3) is 0 Å². The molecule has 6 atom stereocenters. The summed E-state index contributed by atoms with van der Waals surface area (Å²) < 4.78 is 54.0. The summed E-state index contributed by atoms with van der Waals surface area (Å²) in [6, 6.07) is 0. The van der Waals surface area contributed by atoms with Gasteiger partial charge < -0.3 is 34.3 Å². The Morgan fingerprint density at radius 3 is 1.42 bits per heavy atom. The van der Waals surface area contributed by atoms with E-state index < -0.39 is 71.2 Å². The summed E-state index contributed by atoms with van der Waals surface area (Å²) >= 11 is 0. The molecule has 0 aliphatic carbocycles. The molecule has 0 aromatic rings. The average Bonchev–Trinajstić information content (AvgIpc) is 3.26. The van der Waals surface area contributed by atoms with Crippen LogP contribution in [0.15, 0.2) is 24.3 Å². The van der Waals surface area contributed by atoms with Gasteiger partial charge in [0.25, 0.3) is 10.1 Å².